The largest absolute Gasteiger partial charge is 0.286 e. The van der Waals surface area contributed by atoms with Gasteiger partial charge in [0.25, 0.3) is 11.6 Å². The van der Waals surface area contributed by atoms with E-state index >= 15 is 0 Å². The summed E-state index contributed by atoms with van der Waals surface area (Å²) in [5.74, 6) is 0.452. The second-order valence-electron chi connectivity index (χ2n) is 5.34. The molecule has 1 heterocycles. The molecular formula is C17H14ClN3O3S. The van der Waals surface area contributed by atoms with Gasteiger partial charge in [0, 0.05) is 35.0 Å². The lowest BCUT2D eigenvalue weighted by Crippen LogP contribution is -2.32. The van der Waals surface area contributed by atoms with Gasteiger partial charge >= 0.3 is 0 Å². The Labute approximate surface area is 153 Å². The second-order valence-corrected chi connectivity index (χ2v) is 6.72. The van der Waals surface area contributed by atoms with Crippen molar-refractivity contribution >= 4 is 40.1 Å². The predicted molar refractivity (Wildman–Crippen MR) is 99.2 cm³/mol. The first-order chi connectivity index (χ1) is 12.0. The van der Waals surface area contributed by atoms with Gasteiger partial charge in [-0.05, 0) is 29.8 Å². The lowest BCUT2D eigenvalue weighted by molar-refractivity contribution is -0.384. The number of nitro groups is 1. The van der Waals surface area contributed by atoms with Crippen LogP contribution in [-0.2, 0) is 5.75 Å². The topological polar surface area (TPSA) is 75.8 Å². The van der Waals surface area contributed by atoms with Crippen LogP contribution in [0, 0.1) is 10.1 Å². The van der Waals surface area contributed by atoms with E-state index in [1.165, 1.54) is 36.0 Å². The Bertz CT molecular complexity index is 839. The van der Waals surface area contributed by atoms with E-state index in [4.69, 9.17) is 11.6 Å². The van der Waals surface area contributed by atoms with Crippen LogP contribution in [0.4, 0.5) is 5.69 Å². The highest BCUT2D eigenvalue weighted by molar-refractivity contribution is 8.13. The minimum Gasteiger partial charge on any atom is -0.286 e. The number of carbonyl (C=O) groups excluding carboxylic acids is 1. The van der Waals surface area contributed by atoms with Gasteiger partial charge in [0.1, 0.15) is 0 Å². The molecule has 0 unspecified atom stereocenters. The third-order valence-electron chi connectivity index (χ3n) is 3.63. The number of benzene rings is 2. The molecule has 0 saturated heterocycles. The van der Waals surface area contributed by atoms with Crippen molar-refractivity contribution in [3.05, 3.63) is 74.8 Å². The van der Waals surface area contributed by atoms with Crippen LogP contribution in [-0.4, -0.2) is 34.0 Å². The number of amidine groups is 1. The average molecular weight is 376 g/mol. The molecular weight excluding hydrogens is 362 g/mol. The first kappa shape index (κ1) is 17.4. The van der Waals surface area contributed by atoms with Crippen molar-refractivity contribution in [2.24, 2.45) is 4.99 Å². The number of hydrogen-bond donors (Lipinski definition) is 0. The van der Waals surface area contributed by atoms with Gasteiger partial charge in [-0.25, -0.2) is 0 Å². The highest BCUT2D eigenvalue weighted by Gasteiger charge is 2.25. The maximum Gasteiger partial charge on any atom is 0.269 e. The van der Waals surface area contributed by atoms with Crippen molar-refractivity contribution in [2.45, 2.75) is 5.75 Å². The molecule has 1 aliphatic heterocycles. The van der Waals surface area contributed by atoms with Crippen LogP contribution in [0.1, 0.15) is 15.9 Å². The highest BCUT2D eigenvalue weighted by Crippen LogP contribution is 2.23. The van der Waals surface area contributed by atoms with E-state index in [-0.39, 0.29) is 11.6 Å². The molecule has 8 heteroatoms. The number of carbonyl (C=O) groups is 1. The Kier molecular flexibility index (Phi) is 5.35. The summed E-state index contributed by atoms with van der Waals surface area (Å²) in [5.41, 5.74) is 1.42. The fourth-order valence-corrected chi connectivity index (χ4v) is 3.60. The molecule has 1 aliphatic rings. The third kappa shape index (κ3) is 4.18. The van der Waals surface area contributed by atoms with E-state index in [1.807, 2.05) is 24.3 Å². The van der Waals surface area contributed by atoms with Crippen LogP contribution >= 0.6 is 23.4 Å². The number of nitrogens with zero attached hydrogens (tertiary/aromatic N) is 3. The molecule has 0 spiro atoms. The highest BCUT2D eigenvalue weighted by atomic mass is 35.5. The Morgan fingerprint density at radius 3 is 2.72 bits per heavy atom. The number of hydrogen-bond acceptors (Lipinski definition) is 5. The maximum atomic E-state index is 12.6. The van der Waals surface area contributed by atoms with Crippen LogP contribution in [0.2, 0.25) is 5.02 Å². The fourth-order valence-electron chi connectivity index (χ4n) is 2.39. The smallest absolute Gasteiger partial charge is 0.269 e. The van der Waals surface area contributed by atoms with Gasteiger partial charge in [-0.15, -0.1) is 0 Å². The van der Waals surface area contributed by atoms with Crippen molar-refractivity contribution in [1.29, 1.82) is 0 Å². The average Bonchev–Trinajstić information content (AvgIpc) is 3.08. The first-order valence-electron chi connectivity index (χ1n) is 7.52. The quantitative estimate of drug-likeness (QED) is 0.598. The van der Waals surface area contributed by atoms with Crippen LogP contribution in [0.5, 0.6) is 0 Å². The van der Waals surface area contributed by atoms with Crippen molar-refractivity contribution in [3.8, 4) is 0 Å². The number of non-ortho nitro benzene ring substituents is 1. The molecule has 25 heavy (non-hydrogen) atoms. The second kappa shape index (κ2) is 7.67. The summed E-state index contributed by atoms with van der Waals surface area (Å²) in [6.07, 6.45) is 0. The van der Waals surface area contributed by atoms with Crippen LogP contribution in [0.25, 0.3) is 0 Å². The summed E-state index contributed by atoms with van der Waals surface area (Å²) in [7, 11) is 0. The van der Waals surface area contributed by atoms with Gasteiger partial charge < -0.3 is 0 Å². The molecule has 0 saturated carbocycles. The Hall–Kier alpha value is -2.38. The number of rotatable bonds is 4. The summed E-state index contributed by atoms with van der Waals surface area (Å²) >= 11 is 7.46. The van der Waals surface area contributed by atoms with Crippen LogP contribution < -0.4 is 0 Å². The molecule has 1 amide bonds. The van der Waals surface area contributed by atoms with Crippen molar-refractivity contribution in [2.75, 3.05) is 13.1 Å². The fraction of sp³-hybridized carbons (Fsp3) is 0.176. The zero-order valence-electron chi connectivity index (χ0n) is 13.1. The molecule has 0 radical (unpaired) electrons. The molecule has 0 fully saturated rings. The lowest BCUT2D eigenvalue weighted by atomic mass is 10.2. The molecule has 6 nitrogen and oxygen atoms in total. The lowest BCUT2D eigenvalue weighted by Gasteiger charge is -2.17. The molecule has 3 rings (SSSR count). The molecule has 2 aromatic carbocycles. The van der Waals surface area contributed by atoms with Crippen LogP contribution in [0.3, 0.4) is 0 Å². The number of halogens is 1. The van der Waals surface area contributed by atoms with Crippen molar-refractivity contribution in [1.82, 2.24) is 4.90 Å². The van der Waals surface area contributed by atoms with Gasteiger partial charge in [-0.3, -0.25) is 24.8 Å². The van der Waals surface area contributed by atoms with Crippen molar-refractivity contribution < 1.29 is 9.72 Å². The minimum atomic E-state index is -0.488. The number of amides is 1. The summed E-state index contributed by atoms with van der Waals surface area (Å²) in [5, 5.41) is 12.0. The predicted octanol–water partition coefficient (Wildman–Crippen LogP) is 3.99. The molecule has 0 N–H and O–H groups in total. The zero-order chi connectivity index (χ0) is 17.8. The third-order valence-corrected chi connectivity index (χ3v) is 4.95. The van der Waals surface area contributed by atoms with Gasteiger partial charge in [0.15, 0.2) is 5.17 Å². The van der Waals surface area contributed by atoms with E-state index in [1.54, 1.807) is 4.90 Å². The van der Waals surface area contributed by atoms with Gasteiger partial charge in [-0.2, -0.15) is 0 Å². The number of thioether (sulfide) groups is 1. The maximum absolute atomic E-state index is 12.6. The molecule has 0 aromatic heterocycles. The molecule has 128 valence electrons. The summed E-state index contributed by atoms with van der Waals surface area (Å²) in [6, 6.07) is 13.2. The van der Waals surface area contributed by atoms with E-state index < -0.39 is 4.92 Å². The van der Waals surface area contributed by atoms with E-state index in [0.717, 1.165) is 5.56 Å². The minimum absolute atomic E-state index is 0.0396. The molecule has 0 atom stereocenters. The van der Waals surface area contributed by atoms with Crippen molar-refractivity contribution in [3.63, 3.8) is 0 Å². The zero-order valence-corrected chi connectivity index (χ0v) is 14.7. The Balaban J connectivity index is 1.68. The molecule has 2 aromatic rings. The van der Waals surface area contributed by atoms with Crippen LogP contribution in [0.15, 0.2) is 53.5 Å². The van der Waals surface area contributed by atoms with E-state index in [9.17, 15) is 14.9 Å². The number of aliphatic imine (C=N–C) groups is 1. The van der Waals surface area contributed by atoms with E-state index in [2.05, 4.69) is 4.99 Å². The normalized spacial score (nSPS) is 13.6. The SMILES string of the molecule is O=C(c1ccc([N+](=O)[O-])cc1)N1CCN=C1SCc1cccc(Cl)c1. The number of nitro benzene ring substituents is 1. The summed E-state index contributed by atoms with van der Waals surface area (Å²) in [6.45, 7) is 1.06. The summed E-state index contributed by atoms with van der Waals surface area (Å²) in [4.78, 5) is 28.9. The summed E-state index contributed by atoms with van der Waals surface area (Å²) < 4.78 is 0. The van der Waals surface area contributed by atoms with E-state index in [0.29, 0.717) is 34.6 Å². The Morgan fingerprint density at radius 1 is 1.28 bits per heavy atom. The Morgan fingerprint density at radius 2 is 2.04 bits per heavy atom. The monoisotopic (exact) mass is 375 g/mol. The standard InChI is InChI=1S/C17H14ClN3O3S/c18-14-3-1-2-12(10-14)11-25-17-19-8-9-20(17)16(22)13-4-6-15(7-5-13)21(23)24/h1-7,10H,8-9,11H2. The van der Waals surface area contributed by atoms with Gasteiger partial charge in [0.05, 0.1) is 11.5 Å². The molecule has 0 aliphatic carbocycles. The van der Waals surface area contributed by atoms with Gasteiger partial charge in [-0.1, -0.05) is 35.5 Å². The van der Waals surface area contributed by atoms with Gasteiger partial charge in [0.2, 0.25) is 0 Å². The molecule has 0 bridgehead atoms. The first-order valence-corrected chi connectivity index (χ1v) is 8.89.